The van der Waals surface area contributed by atoms with Gasteiger partial charge in [0, 0.05) is 11.6 Å². The molecule has 0 aliphatic carbocycles. The SMILES string of the molecule is CC(C)(C)OC(=O)Cc1ccc(S(F)(F)(F)(F)F)cc1[N+](=O)[O-]. The first-order valence-electron chi connectivity index (χ1n) is 6.12. The number of hydrogen-bond donors (Lipinski definition) is 0. The molecule has 0 aromatic heterocycles. The minimum Gasteiger partial charge on any atom is -0.460 e. The number of rotatable bonds is 4. The number of nitrogens with zero attached hydrogens (tertiary/aromatic N) is 1. The molecule has 0 aliphatic rings. The third-order valence-corrected chi connectivity index (χ3v) is 3.60. The van der Waals surface area contributed by atoms with Crippen molar-refractivity contribution in [2.45, 2.75) is 37.7 Å². The predicted octanol–water partition coefficient (Wildman–Crippen LogP) is 5.14. The summed E-state index contributed by atoms with van der Waals surface area (Å²) in [5.74, 6) is -0.930. The maximum atomic E-state index is 12.7. The Kier molecular flexibility index (Phi) is 3.99. The Hall–Kier alpha value is -1.91. The topological polar surface area (TPSA) is 69.4 Å². The zero-order valence-corrected chi connectivity index (χ0v) is 13.1. The Morgan fingerprint density at radius 3 is 2.13 bits per heavy atom. The monoisotopic (exact) mass is 363 g/mol. The van der Waals surface area contributed by atoms with Crippen LogP contribution in [-0.2, 0) is 16.0 Å². The lowest BCUT2D eigenvalue weighted by Crippen LogP contribution is -2.25. The lowest BCUT2D eigenvalue weighted by Gasteiger charge is -2.40. The Bertz CT molecular complexity index is 666. The van der Waals surface area contributed by atoms with Gasteiger partial charge in [0.2, 0.25) is 0 Å². The van der Waals surface area contributed by atoms with Gasteiger partial charge in [-0.3, -0.25) is 14.9 Å². The van der Waals surface area contributed by atoms with Crippen molar-refractivity contribution in [3.63, 3.8) is 0 Å². The number of nitro groups is 1. The zero-order valence-electron chi connectivity index (χ0n) is 12.3. The largest absolute Gasteiger partial charge is 0.460 e. The molecule has 0 aliphatic heterocycles. The summed E-state index contributed by atoms with van der Waals surface area (Å²) in [7, 11) is -10.0. The van der Waals surface area contributed by atoms with Crippen LogP contribution in [0, 0.1) is 10.1 Å². The van der Waals surface area contributed by atoms with Crippen LogP contribution in [0.5, 0.6) is 0 Å². The first-order chi connectivity index (χ1) is 9.89. The molecule has 0 heterocycles. The van der Waals surface area contributed by atoms with Gasteiger partial charge in [-0.1, -0.05) is 25.5 Å². The number of nitro benzene ring substituents is 1. The zero-order chi connectivity index (χ0) is 18.3. The Labute approximate surface area is 128 Å². The number of hydrogen-bond acceptors (Lipinski definition) is 4. The molecule has 0 unspecified atom stereocenters. The van der Waals surface area contributed by atoms with E-state index < -0.39 is 49.3 Å². The van der Waals surface area contributed by atoms with Crippen LogP contribution < -0.4 is 0 Å². The molecule has 0 N–H and O–H groups in total. The fraction of sp³-hybridized carbons (Fsp3) is 0.417. The average Bonchev–Trinajstić information content (AvgIpc) is 2.22. The van der Waals surface area contributed by atoms with Crippen molar-refractivity contribution < 1.29 is 33.9 Å². The van der Waals surface area contributed by atoms with E-state index in [9.17, 15) is 34.3 Å². The maximum absolute atomic E-state index is 12.7. The number of carbonyl (C=O) groups excluding carboxylic acids is 1. The summed E-state index contributed by atoms with van der Waals surface area (Å²) in [6.07, 6.45) is -0.714. The normalized spacial score (nSPS) is 15.5. The van der Waals surface area contributed by atoms with Crippen LogP contribution in [0.2, 0.25) is 0 Å². The van der Waals surface area contributed by atoms with Crippen molar-refractivity contribution >= 4 is 21.9 Å². The third-order valence-electron chi connectivity index (χ3n) is 2.45. The summed E-state index contributed by atoms with van der Waals surface area (Å²) in [5.41, 5.74) is -2.58. The number of esters is 1. The highest BCUT2D eigenvalue weighted by molar-refractivity contribution is 8.45. The van der Waals surface area contributed by atoms with Gasteiger partial charge in [0.25, 0.3) is 5.69 Å². The fourth-order valence-corrected chi connectivity index (χ4v) is 2.30. The van der Waals surface area contributed by atoms with Gasteiger partial charge in [0.15, 0.2) is 0 Å². The maximum Gasteiger partial charge on any atom is 0.311 e. The van der Waals surface area contributed by atoms with E-state index in [2.05, 4.69) is 0 Å². The van der Waals surface area contributed by atoms with E-state index in [1.807, 2.05) is 0 Å². The quantitative estimate of drug-likeness (QED) is 0.322. The molecule has 5 nitrogen and oxygen atoms in total. The molecular weight excluding hydrogens is 349 g/mol. The van der Waals surface area contributed by atoms with Crippen molar-refractivity contribution in [1.29, 1.82) is 0 Å². The van der Waals surface area contributed by atoms with E-state index in [-0.39, 0.29) is 12.1 Å². The van der Waals surface area contributed by atoms with Gasteiger partial charge in [-0.15, -0.1) is 0 Å². The van der Waals surface area contributed by atoms with Gasteiger partial charge < -0.3 is 4.74 Å². The van der Waals surface area contributed by atoms with E-state index in [4.69, 9.17) is 4.74 Å². The molecule has 132 valence electrons. The molecule has 0 spiro atoms. The number of carbonyl (C=O) groups is 1. The minimum atomic E-state index is -10.0. The Morgan fingerprint density at radius 2 is 1.74 bits per heavy atom. The Morgan fingerprint density at radius 1 is 1.22 bits per heavy atom. The van der Waals surface area contributed by atoms with E-state index in [0.717, 1.165) is 0 Å². The van der Waals surface area contributed by atoms with Crippen molar-refractivity contribution in [3.8, 4) is 0 Å². The lowest BCUT2D eigenvalue weighted by atomic mass is 10.1. The van der Waals surface area contributed by atoms with Gasteiger partial charge >= 0.3 is 16.2 Å². The fourth-order valence-electron chi connectivity index (χ4n) is 1.64. The van der Waals surface area contributed by atoms with Gasteiger partial charge in [0.05, 0.1) is 11.3 Å². The number of ether oxygens (including phenoxy) is 1. The summed E-state index contributed by atoms with van der Waals surface area (Å²) in [6.45, 7) is 4.57. The van der Waals surface area contributed by atoms with Crippen LogP contribution in [0.4, 0.5) is 25.1 Å². The van der Waals surface area contributed by atoms with Crippen molar-refractivity contribution in [1.82, 2.24) is 0 Å². The highest BCUT2D eigenvalue weighted by Gasteiger charge is 2.65. The molecule has 1 aromatic carbocycles. The predicted molar refractivity (Wildman–Crippen MR) is 74.0 cm³/mol. The molecule has 1 rings (SSSR count). The first kappa shape index (κ1) is 19.1. The molecule has 1 aromatic rings. The lowest BCUT2D eigenvalue weighted by molar-refractivity contribution is -0.385. The highest BCUT2D eigenvalue weighted by atomic mass is 32.5. The summed E-state index contributed by atoms with van der Waals surface area (Å²) in [6, 6.07) is 0.241. The van der Waals surface area contributed by atoms with Gasteiger partial charge in [-0.2, -0.15) is 0 Å². The van der Waals surface area contributed by atoms with Crippen LogP contribution in [-0.4, -0.2) is 16.5 Å². The molecule has 23 heavy (non-hydrogen) atoms. The van der Waals surface area contributed by atoms with Gasteiger partial charge in [-0.05, 0) is 26.8 Å². The molecule has 0 bridgehead atoms. The molecule has 0 radical (unpaired) electrons. The van der Waals surface area contributed by atoms with Gasteiger partial charge in [-0.25, -0.2) is 0 Å². The van der Waals surface area contributed by atoms with Crippen LogP contribution in [0.15, 0.2) is 23.1 Å². The van der Waals surface area contributed by atoms with Crippen LogP contribution >= 0.6 is 10.2 Å². The molecule has 0 saturated heterocycles. The molecule has 0 saturated carbocycles. The smallest absolute Gasteiger partial charge is 0.311 e. The average molecular weight is 363 g/mol. The van der Waals surface area contributed by atoms with Gasteiger partial charge in [0.1, 0.15) is 10.5 Å². The summed E-state index contributed by atoms with van der Waals surface area (Å²) in [4.78, 5) is 18.8. The molecule has 0 amide bonds. The van der Waals surface area contributed by atoms with E-state index in [0.29, 0.717) is 6.07 Å². The van der Waals surface area contributed by atoms with E-state index in [1.165, 1.54) is 20.8 Å². The summed E-state index contributed by atoms with van der Waals surface area (Å²) >= 11 is 0. The summed E-state index contributed by atoms with van der Waals surface area (Å²) < 4.78 is 68.4. The van der Waals surface area contributed by atoms with E-state index >= 15 is 0 Å². The van der Waals surface area contributed by atoms with Crippen LogP contribution in [0.3, 0.4) is 0 Å². The number of halogens is 5. The summed E-state index contributed by atoms with van der Waals surface area (Å²) in [5, 5.41) is 10.8. The van der Waals surface area contributed by atoms with Crippen molar-refractivity contribution in [3.05, 3.63) is 33.9 Å². The molecular formula is C12H14F5NO4S. The van der Waals surface area contributed by atoms with Crippen LogP contribution in [0.25, 0.3) is 0 Å². The van der Waals surface area contributed by atoms with Crippen molar-refractivity contribution in [2.75, 3.05) is 0 Å². The Balaban J connectivity index is 3.28. The number of benzene rings is 1. The van der Waals surface area contributed by atoms with Crippen molar-refractivity contribution in [2.24, 2.45) is 0 Å². The minimum absolute atomic E-state index is 0.0221. The standard InChI is InChI=1S/C12H14F5NO4S/c1-12(2,3)22-11(19)6-8-4-5-9(7-10(8)18(20)21)23(13,14,15,16)17/h4-5,7H,6H2,1-3H3. The second-order valence-electron chi connectivity index (χ2n) is 5.78. The first-order valence-corrected chi connectivity index (χ1v) is 8.07. The third kappa shape index (κ3) is 5.66. The molecule has 0 fully saturated rings. The second-order valence-corrected chi connectivity index (χ2v) is 8.19. The second kappa shape index (κ2) is 4.79. The molecule has 0 atom stereocenters. The van der Waals surface area contributed by atoms with Crippen LogP contribution in [0.1, 0.15) is 26.3 Å². The molecule has 11 heteroatoms. The highest BCUT2D eigenvalue weighted by Crippen LogP contribution is 3.02. The van der Waals surface area contributed by atoms with E-state index in [1.54, 1.807) is 0 Å².